The molecular weight excluding hydrogens is 382 g/mol. The maximum absolute atomic E-state index is 13.2. The number of rotatable bonds is 2. The van der Waals surface area contributed by atoms with Crippen LogP contribution in [-0.2, 0) is 27.4 Å². The number of primary amides is 1. The fourth-order valence-corrected chi connectivity index (χ4v) is 4.83. The highest BCUT2D eigenvalue weighted by molar-refractivity contribution is 6.22. The molecule has 1 aromatic rings. The lowest BCUT2D eigenvalue weighted by molar-refractivity contribution is -0.147. The summed E-state index contributed by atoms with van der Waals surface area (Å²) in [6.45, 7) is -0.344. The highest BCUT2D eigenvalue weighted by atomic mass is 16.3. The average Bonchev–Trinajstić information content (AvgIpc) is 2.64. The largest absolute Gasteiger partial charge is 0.508 e. The van der Waals surface area contributed by atoms with E-state index >= 15 is 0 Å². The molecule has 3 atom stereocenters. The molecule has 1 saturated carbocycles. The monoisotopic (exact) mass is 401 g/mol. The zero-order valence-corrected chi connectivity index (χ0v) is 15.2. The van der Waals surface area contributed by atoms with E-state index in [1.165, 1.54) is 12.1 Å². The van der Waals surface area contributed by atoms with Gasteiger partial charge in [-0.05, 0) is 36.0 Å². The third-order valence-corrected chi connectivity index (χ3v) is 6.21. The molecule has 1 amide bonds. The van der Waals surface area contributed by atoms with Crippen LogP contribution in [0.2, 0.25) is 0 Å². The van der Waals surface area contributed by atoms with Gasteiger partial charge >= 0.3 is 0 Å². The number of carbonyl (C=O) groups is 3. The van der Waals surface area contributed by atoms with E-state index in [4.69, 9.17) is 5.73 Å². The number of benzene rings is 1. The Balaban J connectivity index is 1.94. The Kier molecular flexibility index (Phi) is 4.07. The topological polar surface area (TPSA) is 178 Å². The number of phenols is 1. The quantitative estimate of drug-likeness (QED) is 0.372. The first-order chi connectivity index (χ1) is 13.6. The normalized spacial score (nSPS) is 28.8. The molecule has 0 radical (unpaired) electrons. The molecule has 1 aromatic carbocycles. The number of hydrogen-bond acceptors (Lipinski definition) is 8. The lowest BCUT2D eigenvalue weighted by Crippen LogP contribution is -2.58. The molecule has 0 aliphatic heterocycles. The van der Waals surface area contributed by atoms with Gasteiger partial charge in [0.05, 0.1) is 12.2 Å². The summed E-state index contributed by atoms with van der Waals surface area (Å²) in [6, 6.07) is 2.78. The number of aromatic hydroxyl groups is 1. The number of aliphatic hydroxyl groups is 4. The average molecular weight is 401 g/mol. The van der Waals surface area contributed by atoms with Gasteiger partial charge in [-0.3, -0.25) is 14.4 Å². The van der Waals surface area contributed by atoms with E-state index in [9.17, 15) is 39.9 Å². The molecule has 0 aromatic heterocycles. The Morgan fingerprint density at radius 1 is 1.17 bits per heavy atom. The molecule has 29 heavy (non-hydrogen) atoms. The Morgan fingerprint density at radius 3 is 2.48 bits per heavy atom. The smallest absolute Gasteiger partial charge is 0.255 e. The molecule has 0 bridgehead atoms. The molecule has 0 saturated heterocycles. The molecule has 9 heteroatoms. The first kappa shape index (κ1) is 19.2. The summed E-state index contributed by atoms with van der Waals surface area (Å²) in [5.74, 6) is -6.66. The number of nitrogens with two attached hydrogens (primary N) is 1. The third-order valence-electron chi connectivity index (χ3n) is 6.21. The molecule has 3 aliphatic rings. The van der Waals surface area contributed by atoms with Crippen LogP contribution in [0, 0.1) is 11.8 Å². The maximum atomic E-state index is 13.2. The van der Waals surface area contributed by atoms with Crippen molar-refractivity contribution in [3.8, 4) is 5.75 Å². The van der Waals surface area contributed by atoms with Gasteiger partial charge in [-0.1, -0.05) is 6.07 Å². The summed E-state index contributed by atoms with van der Waals surface area (Å²) in [4.78, 5) is 37.0. The number of hydrogen-bond donors (Lipinski definition) is 6. The van der Waals surface area contributed by atoms with Crippen LogP contribution in [0.3, 0.4) is 0 Å². The summed E-state index contributed by atoms with van der Waals surface area (Å²) in [6.07, 6.45) is -0.128. The van der Waals surface area contributed by atoms with E-state index in [-0.39, 0.29) is 42.8 Å². The predicted molar refractivity (Wildman–Crippen MR) is 97.3 cm³/mol. The Morgan fingerprint density at radius 2 is 1.86 bits per heavy atom. The van der Waals surface area contributed by atoms with Gasteiger partial charge in [0.25, 0.3) is 5.91 Å². The minimum Gasteiger partial charge on any atom is -0.508 e. The molecule has 1 fully saturated rings. The molecule has 9 nitrogen and oxygen atoms in total. The van der Waals surface area contributed by atoms with Crippen molar-refractivity contribution in [2.24, 2.45) is 17.6 Å². The number of Topliss-reactive ketones (excluding diaryl/α,β-unsaturated/α-hetero) is 2. The van der Waals surface area contributed by atoms with Crippen molar-refractivity contribution in [1.29, 1.82) is 0 Å². The second kappa shape index (κ2) is 6.16. The minimum absolute atomic E-state index is 0.0244. The number of fused-ring (bicyclic) bond motifs is 3. The zero-order valence-electron chi connectivity index (χ0n) is 15.2. The Hall–Kier alpha value is -3.17. The van der Waals surface area contributed by atoms with Crippen LogP contribution in [-0.4, -0.2) is 48.6 Å². The fourth-order valence-electron chi connectivity index (χ4n) is 4.83. The summed E-state index contributed by atoms with van der Waals surface area (Å²) < 4.78 is 0. The fraction of sp³-hybridized carbons (Fsp3) is 0.350. The van der Waals surface area contributed by atoms with Gasteiger partial charge in [-0.2, -0.15) is 0 Å². The number of amides is 1. The van der Waals surface area contributed by atoms with Crippen LogP contribution in [0.5, 0.6) is 5.75 Å². The van der Waals surface area contributed by atoms with Crippen LogP contribution in [0.4, 0.5) is 0 Å². The molecule has 4 rings (SSSR count). The van der Waals surface area contributed by atoms with Crippen LogP contribution >= 0.6 is 0 Å². The lowest BCUT2D eigenvalue weighted by Gasteiger charge is -2.46. The number of ketones is 2. The summed E-state index contributed by atoms with van der Waals surface area (Å²) in [5, 5.41) is 52.1. The first-order valence-corrected chi connectivity index (χ1v) is 9.04. The number of aliphatic hydroxyl groups excluding tert-OH is 3. The predicted octanol–water partition coefficient (Wildman–Crippen LogP) is -0.0838. The molecule has 3 aliphatic carbocycles. The number of phenolic OH excluding ortho intramolecular Hbond substituents is 1. The number of carbonyl (C=O) groups excluding carboxylic acids is 3. The highest BCUT2D eigenvalue weighted by Gasteiger charge is 2.60. The van der Waals surface area contributed by atoms with E-state index in [0.717, 1.165) is 0 Å². The van der Waals surface area contributed by atoms with Gasteiger partial charge in [0.15, 0.2) is 11.4 Å². The maximum Gasteiger partial charge on any atom is 0.255 e. The van der Waals surface area contributed by atoms with Crippen LogP contribution < -0.4 is 5.73 Å². The van der Waals surface area contributed by atoms with Crippen molar-refractivity contribution in [2.75, 3.05) is 0 Å². The van der Waals surface area contributed by atoms with Crippen molar-refractivity contribution in [3.05, 3.63) is 45.7 Å². The molecule has 7 N–H and O–H groups in total. The van der Waals surface area contributed by atoms with Crippen molar-refractivity contribution >= 4 is 23.2 Å². The third kappa shape index (κ3) is 2.37. The molecule has 152 valence electrons. The van der Waals surface area contributed by atoms with E-state index in [1.807, 2.05) is 0 Å². The molecule has 0 spiro atoms. The van der Waals surface area contributed by atoms with E-state index < -0.39 is 52.0 Å². The van der Waals surface area contributed by atoms with Crippen LogP contribution in [0.15, 0.2) is 29.0 Å². The second-order valence-corrected chi connectivity index (χ2v) is 7.66. The minimum atomic E-state index is -2.57. The highest BCUT2D eigenvalue weighted by Crippen LogP contribution is 2.52. The molecule has 0 heterocycles. The van der Waals surface area contributed by atoms with Crippen molar-refractivity contribution in [1.82, 2.24) is 0 Å². The summed E-state index contributed by atoms with van der Waals surface area (Å²) >= 11 is 0. The Bertz CT molecular complexity index is 1050. The van der Waals surface area contributed by atoms with E-state index in [0.29, 0.717) is 11.1 Å². The zero-order chi connectivity index (χ0) is 21.2. The second-order valence-electron chi connectivity index (χ2n) is 7.66. The van der Waals surface area contributed by atoms with Crippen LogP contribution in [0.25, 0.3) is 5.76 Å². The van der Waals surface area contributed by atoms with Crippen molar-refractivity contribution in [2.45, 2.75) is 31.5 Å². The molecular formula is C20H19NO8. The van der Waals surface area contributed by atoms with Crippen LogP contribution in [0.1, 0.15) is 29.5 Å². The van der Waals surface area contributed by atoms with Gasteiger partial charge in [-0.15, -0.1) is 0 Å². The van der Waals surface area contributed by atoms with Gasteiger partial charge < -0.3 is 31.3 Å². The lowest BCUT2D eigenvalue weighted by atomic mass is 9.59. The standard InChI is InChI=1S/C20H19NO8/c21-19(28)15-12(24)5-9-3-8-4-10-7(6-22)1-2-11(23)14(10)16(25)13(8)17(26)20(9,29)18(15)27/h1-2,8-9,22-23,25,27,29H,3-6H2,(H2,21,28)/t8-,9+,20+/m1/s1. The summed E-state index contributed by atoms with van der Waals surface area (Å²) in [5.41, 5.74) is 2.45. The van der Waals surface area contributed by atoms with E-state index in [2.05, 4.69) is 0 Å². The summed E-state index contributed by atoms with van der Waals surface area (Å²) in [7, 11) is 0. The molecule has 0 unspecified atom stereocenters. The van der Waals surface area contributed by atoms with Gasteiger partial charge in [0.1, 0.15) is 22.8 Å². The van der Waals surface area contributed by atoms with Gasteiger partial charge in [0.2, 0.25) is 5.78 Å². The first-order valence-electron chi connectivity index (χ1n) is 9.04. The van der Waals surface area contributed by atoms with E-state index in [1.54, 1.807) is 0 Å². The van der Waals surface area contributed by atoms with Crippen molar-refractivity contribution < 1.29 is 39.9 Å². The SMILES string of the molecule is NC(=O)C1=C(O)[C@@]2(O)C(=O)C3=C(O)c4c(O)ccc(CO)c4C[C@H]3C[C@H]2CC1=O. The van der Waals surface area contributed by atoms with Gasteiger partial charge in [-0.25, -0.2) is 0 Å². The van der Waals surface area contributed by atoms with Crippen molar-refractivity contribution in [3.63, 3.8) is 0 Å². The Labute approximate surface area is 164 Å². The van der Waals surface area contributed by atoms with Gasteiger partial charge in [0, 0.05) is 17.9 Å².